The van der Waals surface area contributed by atoms with Gasteiger partial charge in [-0.15, -0.1) is 0 Å². The molecule has 0 heterocycles. The van der Waals surface area contributed by atoms with Crippen LogP contribution in [0.1, 0.15) is 54.4 Å². The minimum Gasteiger partial charge on any atom is -0.330 e. The highest BCUT2D eigenvalue weighted by atomic mass is 15.0. The van der Waals surface area contributed by atoms with Crippen LogP contribution >= 0.6 is 0 Å². The van der Waals surface area contributed by atoms with E-state index in [4.69, 9.17) is 5.73 Å². The molecule has 0 unspecified atom stereocenters. The van der Waals surface area contributed by atoms with Crippen LogP contribution in [0.15, 0.2) is 0 Å². The van der Waals surface area contributed by atoms with Crippen LogP contribution in [0.3, 0.4) is 0 Å². The summed E-state index contributed by atoms with van der Waals surface area (Å²) in [5, 5.41) is 3.75. The van der Waals surface area contributed by atoms with Gasteiger partial charge in [0, 0.05) is 12.6 Å². The van der Waals surface area contributed by atoms with E-state index in [-0.39, 0.29) is 0 Å². The lowest BCUT2D eigenvalue weighted by Gasteiger charge is -2.31. The van der Waals surface area contributed by atoms with Gasteiger partial charge in [0.15, 0.2) is 0 Å². The van der Waals surface area contributed by atoms with Crippen molar-refractivity contribution in [2.24, 2.45) is 22.0 Å². The third kappa shape index (κ3) is 2.02. The fourth-order valence-electron chi connectivity index (χ4n) is 2.89. The van der Waals surface area contributed by atoms with E-state index in [0.29, 0.717) is 22.3 Å². The molecule has 96 valence electrons. The third-order valence-electron chi connectivity index (χ3n) is 5.63. The van der Waals surface area contributed by atoms with E-state index >= 15 is 0 Å². The quantitative estimate of drug-likeness (QED) is 0.731. The van der Waals surface area contributed by atoms with Crippen molar-refractivity contribution in [2.75, 3.05) is 13.1 Å². The van der Waals surface area contributed by atoms with E-state index < -0.39 is 0 Å². The van der Waals surface area contributed by atoms with Gasteiger partial charge in [-0.05, 0) is 35.6 Å². The largest absolute Gasteiger partial charge is 0.330 e. The molecule has 0 aromatic heterocycles. The van der Waals surface area contributed by atoms with Gasteiger partial charge in [0.1, 0.15) is 0 Å². The lowest BCUT2D eigenvalue weighted by molar-refractivity contribution is 0.252. The summed E-state index contributed by atoms with van der Waals surface area (Å²) in [4.78, 5) is 0. The van der Waals surface area contributed by atoms with Crippen molar-refractivity contribution < 1.29 is 0 Å². The molecule has 1 saturated carbocycles. The lowest BCUT2D eigenvalue weighted by atomic mass is 9.82. The van der Waals surface area contributed by atoms with Gasteiger partial charge in [0.2, 0.25) is 0 Å². The van der Waals surface area contributed by atoms with Crippen LogP contribution in [0.5, 0.6) is 0 Å². The molecular formula is C14H30N2. The minimum absolute atomic E-state index is 0.300. The Morgan fingerprint density at radius 3 is 1.75 bits per heavy atom. The molecule has 0 atom stereocenters. The van der Waals surface area contributed by atoms with Crippen molar-refractivity contribution in [3.05, 3.63) is 0 Å². The van der Waals surface area contributed by atoms with Crippen LogP contribution in [-0.4, -0.2) is 19.1 Å². The zero-order valence-electron chi connectivity index (χ0n) is 12.0. The second-order valence-electron chi connectivity index (χ2n) is 6.67. The number of hydrogen-bond acceptors (Lipinski definition) is 2. The third-order valence-corrected chi connectivity index (χ3v) is 5.63. The Bertz CT molecular complexity index is 217. The first kappa shape index (κ1) is 14.0. The fourth-order valence-corrected chi connectivity index (χ4v) is 2.89. The molecule has 1 aliphatic carbocycles. The fraction of sp³-hybridized carbons (Fsp3) is 1.00. The molecule has 0 aromatic carbocycles. The second kappa shape index (κ2) is 4.30. The highest BCUT2D eigenvalue weighted by Crippen LogP contribution is 2.62. The van der Waals surface area contributed by atoms with Crippen LogP contribution in [0.2, 0.25) is 0 Å². The van der Waals surface area contributed by atoms with Gasteiger partial charge in [0.25, 0.3) is 0 Å². The molecule has 16 heavy (non-hydrogen) atoms. The molecule has 1 aliphatic rings. The first-order valence-electron chi connectivity index (χ1n) is 6.71. The van der Waals surface area contributed by atoms with E-state index in [1.165, 1.54) is 12.8 Å². The van der Waals surface area contributed by atoms with Gasteiger partial charge >= 0.3 is 0 Å². The monoisotopic (exact) mass is 226 g/mol. The second-order valence-corrected chi connectivity index (χ2v) is 6.67. The number of hydrogen-bond donors (Lipinski definition) is 2. The standard InChI is InChI=1S/C14H30N2/c1-7-14(8-2,9-15)10-16-11-12(3,4)13(11,5)6/h11,16H,7-10,15H2,1-6H3. The van der Waals surface area contributed by atoms with E-state index in [1.807, 2.05) is 0 Å². The summed E-state index contributed by atoms with van der Waals surface area (Å²) in [6.45, 7) is 15.8. The molecule has 0 spiro atoms. The van der Waals surface area contributed by atoms with Crippen LogP contribution in [0.4, 0.5) is 0 Å². The molecule has 3 N–H and O–H groups in total. The predicted molar refractivity (Wildman–Crippen MR) is 71.4 cm³/mol. The molecule has 2 heteroatoms. The zero-order valence-corrected chi connectivity index (χ0v) is 12.0. The van der Waals surface area contributed by atoms with Gasteiger partial charge in [-0.1, -0.05) is 41.5 Å². The van der Waals surface area contributed by atoms with Gasteiger partial charge in [-0.25, -0.2) is 0 Å². The summed E-state index contributed by atoms with van der Waals surface area (Å²) >= 11 is 0. The average Bonchev–Trinajstić information content (AvgIpc) is 2.62. The maximum Gasteiger partial charge on any atom is 0.0181 e. The number of nitrogens with one attached hydrogen (secondary N) is 1. The Balaban J connectivity index is 2.53. The van der Waals surface area contributed by atoms with E-state index in [0.717, 1.165) is 13.1 Å². The van der Waals surface area contributed by atoms with Crippen LogP contribution < -0.4 is 11.1 Å². The Kier molecular flexibility index (Phi) is 3.76. The van der Waals surface area contributed by atoms with Crippen LogP contribution in [0.25, 0.3) is 0 Å². The summed E-state index contributed by atoms with van der Waals surface area (Å²) in [5.41, 5.74) is 7.08. The SMILES string of the molecule is CCC(CC)(CN)CNC1C(C)(C)C1(C)C. The number of nitrogens with two attached hydrogens (primary N) is 1. The maximum absolute atomic E-state index is 5.93. The Labute approximate surface area is 101 Å². The molecule has 0 aliphatic heterocycles. The van der Waals surface area contributed by atoms with E-state index in [2.05, 4.69) is 46.9 Å². The minimum atomic E-state index is 0.300. The first-order valence-corrected chi connectivity index (χ1v) is 6.71. The topological polar surface area (TPSA) is 38.0 Å². The van der Waals surface area contributed by atoms with Gasteiger partial charge in [-0.3, -0.25) is 0 Å². The van der Waals surface area contributed by atoms with Gasteiger partial charge in [0.05, 0.1) is 0 Å². The van der Waals surface area contributed by atoms with Gasteiger partial charge < -0.3 is 11.1 Å². The Morgan fingerprint density at radius 1 is 1.06 bits per heavy atom. The Morgan fingerprint density at radius 2 is 1.50 bits per heavy atom. The Hall–Kier alpha value is -0.0800. The average molecular weight is 226 g/mol. The van der Waals surface area contributed by atoms with Crippen molar-refractivity contribution in [3.8, 4) is 0 Å². The van der Waals surface area contributed by atoms with Crippen molar-refractivity contribution >= 4 is 0 Å². The smallest absolute Gasteiger partial charge is 0.0181 e. The highest BCUT2D eigenvalue weighted by molar-refractivity contribution is 5.18. The normalized spacial score (nSPS) is 23.4. The van der Waals surface area contributed by atoms with Crippen molar-refractivity contribution in [3.63, 3.8) is 0 Å². The highest BCUT2D eigenvalue weighted by Gasteiger charge is 2.64. The molecule has 0 aromatic rings. The maximum atomic E-state index is 5.93. The molecule has 1 rings (SSSR count). The summed E-state index contributed by atoms with van der Waals surface area (Å²) in [6, 6.07) is 0.643. The van der Waals surface area contributed by atoms with Crippen molar-refractivity contribution in [2.45, 2.75) is 60.4 Å². The summed E-state index contributed by atoms with van der Waals surface area (Å²) in [7, 11) is 0. The molecule has 0 amide bonds. The molecule has 0 bridgehead atoms. The molecule has 2 nitrogen and oxygen atoms in total. The molecular weight excluding hydrogens is 196 g/mol. The van der Waals surface area contributed by atoms with Crippen LogP contribution in [0, 0.1) is 16.2 Å². The summed E-state index contributed by atoms with van der Waals surface area (Å²) in [6.07, 6.45) is 2.33. The van der Waals surface area contributed by atoms with E-state index in [1.54, 1.807) is 0 Å². The van der Waals surface area contributed by atoms with Gasteiger partial charge in [-0.2, -0.15) is 0 Å². The zero-order chi connectivity index (χ0) is 12.6. The predicted octanol–water partition coefficient (Wildman–Crippen LogP) is 2.78. The van der Waals surface area contributed by atoms with Crippen LogP contribution in [-0.2, 0) is 0 Å². The van der Waals surface area contributed by atoms with Crippen molar-refractivity contribution in [1.29, 1.82) is 0 Å². The number of rotatable bonds is 6. The van der Waals surface area contributed by atoms with E-state index in [9.17, 15) is 0 Å². The lowest BCUT2D eigenvalue weighted by Crippen LogP contribution is -2.41. The summed E-state index contributed by atoms with van der Waals surface area (Å²) < 4.78 is 0. The molecule has 0 radical (unpaired) electrons. The first-order chi connectivity index (χ1) is 7.27. The summed E-state index contributed by atoms with van der Waals surface area (Å²) in [5.74, 6) is 0. The van der Waals surface area contributed by atoms with Crippen molar-refractivity contribution in [1.82, 2.24) is 5.32 Å². The molecule has 0 saturated heterocycles. The molecule has 1 fully saturated rings.